The quantitative estimate of drug-likeness (QED) is 0.801. The third-order valence-electron chi connectivity index (χ3n) is 5.16. The topological polar surface area (TPSA) is 67.4 Å². The van der Waals surface area contributed by atoms with Crippen LogP contribution >= 0.6 is 11.3 Å². The van der Waals surface area contributed by atoms with Crippen LogP contribution in [0.1, 0.15) is 49.8 Å². The van der Waals surface area contributed by atoms with Gasteiger partial charge >= 0.3 is 11.8 Å². The van der Waals surface area contributed by atoms with Gasteiger partial charge in [0.25, 0.3) is 0 Å². The Hall–Kier alpha value is -1.40. The molecule has 1 saturated heterocycles. The molecule has 0 aromatic carbocycles. The lowest BCUT2D eigenvalue weighted by molar-refractivity contribution is -0.139. The molecule has 1 aliphatic heterocycles. The molecule has 2 fully saturated rings. The second-order valence-corrected chi connectivity index (χ2v) is 7.79. The third kappa shape index (κ3) is 4.16. The molecule has 1 aromatic rings. The van der Waals surface area contributed by atoms with Crippen molar-refractivity contribution in [2.75, 3.05) is 19.7 Å². The van der Waals surface area contributed by atoms with E-state index in [1.54, 1.807) is 11.3 Å². The molecule has 1 aromatic heterocycles. The van der Waals surface area contributed by atoms with Crippen molar-refractivity contribution in [3.8, 4) is 0 Å². The molecule has 5 nitrogen and oxygen atoms in total. The van der Waals surface area contributed by atoms with Gasteiger partial charge in [-0.3, -0.25) is 9.59 Å². The summed E-state index contributed by atoms with van der Waals surface area (Å²) >= 11 is 1.75. The normalized spacial score (nSPS) is 22.9. The predicted molar refractivity (Wildman–Crippen MR) is 94.1 cm³/mol. The molecule has 0 radical (unpaired) electrons. The van der Waals surface area contributed by atoms with Gasteiger partial charge in [0.1, 0.15) is 0 Å². The number of carbonyl (C=O) groups is 2. The van der Waals surface area contributed by atoms with Gasteiger partial charge < -0.3 is 15.4 Å². The fraction of sp³-hybridized carbons (Fsp3) is 0.667. The molecule has 2 N–H and O–H groups in total. The van der Waals surface area contributed by atoms with E-state index in [0.717, 1.165) is 32.3 Å². The largest absolute Gasteiger partial charge is 0.376 e. The van der Waals surface area contributed by atoms with Crippen molar-refractivity contribution < 1.29 is 14.3 Å². The first-order valence-corrected chi connectivity index (χ1v) is 9.79. The van der Waals surface area contributed by atoms with Crippen molar-refractivity contribution >= 4 is 23.2 Å². The smallest absolute Gasteiger partial charge is 0.309 e. The Labute approximate surface area is 147 Å². The van der Waals surface area contributed by atoms with Crippen LogP contribution in [0.2, 0.25) is 0 Å². The molecule has 1 aliphatic carbocycles. The Bertz CT molecular complexity index is 547. The number of hydrogen-bond acceptors (Lipinski definition) is 4. The third-order valence-corrected chi connectivity index (χ3v) is 6.28. The van der Waals surface area contributed by atoms with Crippen LogP contribution in [0.3, 0.4) is 0 Å². The van der Waals surface area contributed by atoms with Gasteiger partial charge in [-0.15, -0.1) is 11.3 Å². The molecular formula is C18H26N2O3S. The van der Waals surface area contributed by atoms with Gasteiger partial charge in [-0.1, -0.05) is 25.3 Å². The molecule has 2 heterocycles. The fourth-order valence-corrected chi connectivity index (χ4v) is 4.73. The average molecular weight is 350 g/mol. The summed E-state index contributed by atoms with van der Waals surface area (Å²) < 4.78 is 5.46. The Morgan fingerprint density at radius 2 is 1.96 bits per heavy atom. The molecule has 24 heavy (non-hydrogen) atoms. The first kappa shape index (κ1) is 17.4. The minimum Gasteiger partial charge on any atom is -0.376 e. The molecule has 1 unspecified atom stereocenters. The zero-order valence-electron chi connectivity index (χ0n) is 14.0. The van der Waals surface area contributed by atoms with Gasteiger partial charge in [-0.25, -0.2) is 0 Å². The van der Waals surface area contributed by atoms with Gasteiger partial charge in [0, 0.05) is 30.0 Å². The van der Waals surface area contributed by atoms with E-state index in [0.29, 0.717) is 13.1 Å². The number of thiophene rings is 1. The van der Waals surface area contributed by atoms with Gasteiger partial charge in [0.2, 0.25) is 0 Å². The number of nitrogens with one attached hydrogen (secondary N) is 2. The van der Waals surface area contributed by atoms with E-state index in [9.17, 15) is 9.59 Å². The standard InChI is InChI=1S/C18H26N2O3S/c21-16(19-12-14-6-4-10-23-14)17(22)20-13-18(8-2-1-3-9-18)15-7-5-11-24-15/h5,7,11,14H,1-4,6,8-10,12-13H2,(H,19,21)(H,20,22). The van der Waals surface area contributed by atoms with Crippen molar-refractivity contribution in [1.29, 1.82) is 0 Å². The lowest BCUT2D eigenvalue weighted by atomic mass is 9.73. The lowest BCUT2D eigenvalue weighted by Crippen LogP contribution is -2.47. The lowest BCUT2D eigenvalue weighted by Gasteiger charge is -2.36. The van der Waals surface area contributed by atoms with Crippen LogP contribution in [0.25, 0.3) is 0 Å². The van der Waals surface area contributed by atoms with Crippen molar-refractivity contribution in [3.05, 3.63) is 22.4 Å². The van der Waals surface area contributed by atoms with Crippen molar-refractivity contribution in [1.82, 2.24) is 10.6 Å². The molecule has 0 bridgehead atoms. The molecule has 1 atom stereocenters. The van der Waals surface area contributed by atoms with Crippen LogP contribution < -0.4 is 10.6 Å². The molecule has 0 spiro atoms. The Balaban J connectivity index is 1.52. The van der Waals surface area contributed by atoms with E-state index in [-0.39, 0.29) is 11.5 Å². The highest BCUT2D eigenvalue weighted by molar-refractivity contribution is 7.10. The minimum absolute atomic E-state index is 0.00306. The highest BCUT2D eigenvalue weighted by Crippen LogP contribution is 2.41. The van der Waals surface area contributed by atoms with Crippen molar-refractivity contribution in [3.63, 3.8) is 0 Å². The van der Waals surface area contributed by atoms with E-state index in [4.69, 9.17) is 4.74 Å². The van der Waals surface area contributed by atoms with E-state index in [1.165, 1.54) is 24.1 Å². The summed E-state index contributed by atoms with van der Waals surface area (Å²) in [6, 6.07) is 4.21. The van der Waals surface area contributed by atoms with Crippen LogP contribution in [0.5, 0.6) is 0 Å². The van der Waals surface area contributed by atoms with Gasteiger partial charge in [-0.2, -0.15) is 0 Å². The zero-order chi connectivity index (χ0) is 16.8. The van der Waals surface area contributed by atoms with Crippen LogP contribution in [-0.4, -0.2) is 37.6 Å². The molecule has 132 valence electrons. The molecule has 6 heteroatoms. The monoisotopic (exact) mass is 350 g/mol. The van der Waals surface area contributed by atoms with Crippen LogP contribution in [-0.2, 0) is 19.7 Å². The number of rotatable bonds is 5. The number of carbonyl (C=O) groups excluding carboxylic acids is 2. The van der Waals surface area contributed by atoms with Crippen molar-refractivity contribution in [2.45, 2.75) is 56.5 Å². The fourth-order valence-electron chi connectivity index (χ4n) is 3.74. The first-order valence-electron chi connectivity index (χ1n) is 8.91. The number of ether oxygens (including phenoxy) is 1. The summed E-state index contributed by atoms with van der Waals surface area (Å²) in [4.78, 5) is 25.5. The summed E-state index contributed by atoms with van der Waals surface area (Å²) in [7, 11) is 0. The summed E-state index contributed by atoms with van der Waals surface area (Å²) in [5.41, 5.74) is -0.00306. The maximum absolute atomic E-state index is 12.1. The number of hydrogen-bond donors (Lipinski definition) is 2. The Morgan fingerprint density at radius 3 is 2.62 bits per heavy atom. The maximum atomic E-state index is 12.1. The van der Waals surface area contributed by atoms with Gasteiger partial charge in [-0.05, 0) is 37.1 Å². The van der Waals surface area contributed by atoms with E-state index in [2.05, 4.69) is 28.1 Å². The second-order valence-electron chi connectivity index (χ2n) is 6.85. The maximum Gasteiger partial charge on any atom is 0.309 e. The average Bonchev–Trinajstić information content (AvgIpc) is 3.32. The van der Waals surface area contributed by atoms with Crippen LogP contribution in [0.4, 0.5) is 0 Å². The zero-order valence-corrected chi connectivity index (χ0v) is 14.8. The molecule has 1 saturated carbocycles. The van der Waals surface area contributed by atoms with E-state index in [1.807, 2.05) is 0 Å². The van der Waals surface area contributed by atoms with Crippen LogP contribution in [0, 0.1) is 0 Å². The van der Waals surface area contributed by atoms with Gasteiger partial charge in [0.05, 0.1) is 6.10 Å². The highest BCUT2D eigenvalue weighted by Gasteiger charge is 2.35. The van der Waals surface area contributed by atoms with E-state index >= 15 is 0 Å². The second kappa shape index (κ2) is 8.12. The SMILES string of the molecule is O=C(NCC1CCCO1)C(=O)NCC1(c2cccs2)CCCCC1. The van der Waals surface area contributed by atoms with E-state index < -0.39 is 11.8 Å². The predicted octanol–water partition coefficient (Wildman–Crippen LogP) is 2.36. The highest BCUT2D eigenvalue weighted by atomic mass is 32.1. The minimum atomic E-state index is -0.553. The number of amides is 2. The van der Waals surface area contributed by atoms with Gasteiger partial charge in [0.15, 0.2) is 0 Å². The Kier molecular flexibility index (Phi) is 5.89. The van der Waals surface area contributed by atoms with Crippen molar-refractivity contribution in [2.24, 2.45) is 0 Å². The summed E-state index contributed by atoms with van der Waals surface area (Å²) in [6.45, 7) is 1.71. The summed E-state index contributed by atoms with van der Waals surface area (Å²) in [5.74, 6) is -1.09. The molecule has 2 aliphatic rings. The molecular weight excluding hydrogens is 324 g/mol. The summed E-state index contributed by atoms with van der Waals surface area (Å²) in [5, 5.41) is 7.64. The molecule has 2 amide bonds. The Morgan fingerprint density at radius 1 is 1.17 bits per heavy atom. The first-order chi connectivity index (χ1) is 11.7. The summed E-state index contributed by atoms with van der Waals surface area (Å²) in [6.07, 6.45) is 7.79. The van der Waals surface area contributed by atoms with Crippen LogP contribution in [0.15, 0.2) is 17.5 Å². The molecule has 3 rings (SSSR count).